The SMILES string of the molecule is CC1=[C]CC(C)C1. The second kappa shape index (κ2) is 1.69. The third-order valence-corrected chi connectivity index (χ3v) is 1.41. The van der Waals surface area contributed by atoms with Crippen LogP contribution in [0.15, 0.2) is 5.57 Å². The molecular formula is C7H11. The quantitative estimate of drug-likeness (QED) is 0.432. The average Bonchev–Trinajstić information content (AvgIpc) is 1.87. The van der Waals surface area contributed by atoms with Crippen LogP contribution in [0.2, 0.25) is 0 Å². The molecule has 0 heterocycles. The van der Waals surface area contributed by atoms with Gasteiger partial charge in [-0.2, -0.15) is 0 Å². The molecule has 0 bridgehead atoms. The first-order valence-corrected chi connectivity index (χ1v) is 2.85. The van der Waals surface area contributed by atoms with E-state index in [0.29, 0.717) is 0 Å². The van der Waals surface area contributed by atoms with Gasteiger partial charge in [0.05, 0.1) is 0 Å². The highest BCUT2D eigenvalue weighted by atomic mass is 14.1. The molecule has 0 aromatic rings. The fourth-order valence-corrected chi connectivity index (χ4v) is 1.02. The lowest BCUT2D eigenvalue weighted by Gasteiger charge is -1.94. The minimum absolute atomic E-state index is 0.875. The third kappa shape index (κ3) is 1.05. The first-order valence-electron chi connectivity index (χ1n) is 2.85. The molecule has 0 aromatic heterocycles. The molecular weight excluding hydrogens is 84.1 g/mol. The summed E-state index contributed by atoms with van der Waals surface area (Å²) in [6.45, 7) is 4.42. The molecule has 0 fully saturated rings. The Labute approximate surface area is 45.2 Å². The lowest BCUT2D eigenvalue weighted by molar-refractivity contribution is 0.624. The topological polar surface area (TPSA) is 0 Å². The normalized spacial score (nSPS) is 30.6. The first kappa shape index (κ1) is 4.89. The molecule has 39 valence electrons. The Morgan fingerprint density at radius 2 is 2.43 bits per heavy atom. The molecule has 1 unspecified atom stereocenters. The van der Waals surface area contributed by atoms with E-state index in [0.717, 1.165) is 5.92 Å². The molecule has 0 spiro atoms. The predicted octanol–water partition coefficient (Wildman–Crippen LogP) is 2.17. The molecule has 0 amide bonds. The third-order valence-electron chi connectivity index (χ3n) is 1.41. The molecule has 1 radical (unpaired) electrons. The summed E-state index contributed by atoms with van der Waals surface area (Å²) in [7, 11) is 0. The van der Waals surface area contributed by atoms with E-state index in [2.05, 4.69) is 19.9 Å². The van der Waals surface area contributed by atoms with Gasteiger partial charge in [-0.25, -0.2) is 0 Å². The van der Waals surface area contributed by atoms with Crippen molar-refractivity contribution in [3.8, 4) is 0 Å². The Morgan fingerprint density at radius 3 is 2.57 bits per heavy atom. The monoisotopic (exact) mass is 95.1 g/mol. The summed E-state index contributed by atoms with van der Waals surface area (Å²) < 4.78 is 0. The van der Waals surface area contributed by atoms with E-state index >= 15 is 0 Å². The standard InChI is InChI=1S/C7H11/c1-6-3-4-7(2)5-6/h6H,3,5H2,1-2H3. The van der Waals surface area contributed by atoms with Gasteiger partial charge in [0.2, 0.25) is 0 Å². The van der Waals surface area contributed by atoms with Crippen molar-refractivity contribution in [1.82, 2.24) is 0 Å². The van der Waals surface area contributed by atoms with Crippen LogP contribution >= 0.6 is 0 Å². The van der Waals surface area contributed by atoms with Crippen LogP contribution in [0.25, 0.3) is 0 Å². The first-order chi connectivity index (χ1) is 3.29. The Balaban J connectivity index is 2.42. The highest BCUT2D eigenvalue weighted by Crippen LogP contribution is 2.21. The Hall–Kier alpha value is -0.260. The largest absolute Gasteiger partial charge is 0.0696 e. The molecule has 1 aliphatic rings. The van der Waals surface area contributed by atoms with E-state index in [1.807, 2.05) is 0 Å². The Kier molecular flexibility index (Phi) is 1.18. The van der Waals surface area contributed by atoms with Crippen molar-refractivity contribution in [1.29, 1.82) is 0 Å². The lowest BCUT2D eigenvalue weighted by atomic mass is 10.1. The van der Waals surface area contributed by atoms with Crippen molar-refractivity contribution in [3.63, 3.8) is 0 Å². The van der Waals surface area contributed by atoms with Gasteiger partial charge in [0.1, 0.15) is 0 Å². The van der Waals surface area contributed by atoms with E-state index in [9.17, 15) is 0 Å². The summed E-state index contributed by atoms with van der Waals surface area (Å²) in [5.41, 5.74) is 1.45. The maximum Gasteiger partial charge on any atom is -0.0248 e. The Bertz CT molecular complexity index is 90.2. The van der Waals surface area contributed by atoms with Gasteiger partial charge in [0.15, 0.2) is 0 Å². The van der Waals surface area contributed by atoms with Crippen molar-refractivity contribution in [3.05, 3.63) is 11.6 Å². The smallest absolute Gasteiger partial charge is 0.0248 e. The zero-order valence-corrected chi connectivity index (χ0v) is 4.99. The number of allylic oxidation sites excluding steroid dienone is 2. The van der Waals surface area contributed by atoms with Crippen LogP contribution in [0.4, 0.5) is 0 Å². The summed E-state index contributed by atoms with van der Waals surface area (Å²) in [6.07, 6.45) is 5.75. The van der Waals surface area contributed by atoms with Crippen molar-refractivity contribution < 1.29 is 0 Å². The molecule has 0 N–H and O–H groups in total. The summed E-state index contributed by atoms with van der Waals surface area (Å²) in [4.78, 5) is 0. The molecule has 1 rings (SSSR count). The zero-order chi connectivity index (χ0) is 5.28. The summed E-state index contributed by atoms with van der Waals surface area (Å²) in [5.74, 6) is 0.875. The van der Waals surface area contributed by atoms with Gasteiger partial charge in [-0.1, -0.05) is 12.5 Å². The van der Waals surface area contributed by atoms with Crippen LogP contribution in [0.5, 0.6) is 0 Å². The maximum absolute atomic E-state index is 3.29. The van der Waals surface area contributed by atoms with Gasteiger partial charge in [0, 0.05) is 0 Å². The summed E-state index contributed by atoms with van der Waals surface area (Å²) >= 11 is 0. The van der Waals surface area contributed by atoms with Crippen molar-refractivity contribution in [2.45, 2.75) is 26.7 Å². The van der Waals surface area contributed by atoms with Gasteiger partial charge in [0.25, 0.3) is 0 Å². The molecule has 0 aromatic carbocycles. The molecule has 0 aliphatic heterocycles. The van der Waals surface area contributed by atoms with E-state index in [-0.39, 0.29) is 0 Å². The van der Waals surface area contributed by atoms with Crippen LogP contribution < -0.4 is 0 Å². The van der Waals surface area contributed by atoms with E-state index < -0.39 is 0 Å². The lowest BCUT2D eigenvalue weighted by Crippen LogP contribution is -1.82. The molecule has 0 saturated carbocycles. The van der Waals surface area contributed by atoms with Gasteiger partial charge in [-0.05, 0) is 31.8 Å². The van der Waals surface area contributed by atoms with Gasteiger partial charge >= 0.3 is 0 Å². The second-order valence-corrected chi connectivity index (χ2v) is 2.47. The highest BCUT2D eigenvalue weighted by Gasteiger charge is 2.07. The van der Waals surface area contributed by atoms with Gasteiger partial charge < -0.3 is 0 Å². The molecule has 0 nitrogen and oxygen atoms in total. The molecule has 0 heteroatoms. The highest BCUT2D eigenvalue weighted by molar-refractivity contribution is 4.99. The van der Waals surface area contributed by atoms with Crippen LogP contribution in [0, 0.1) is 12.0 Å². The van der Waals surface area contributed by atoms with Crippen LogP contribution in [0.1, 0.15) is 26.7 Å². The van der Waals surface area contributed by atoms with E-state index in [1.165, 1.54) is 18.4 Å². The fourth-order valence-electron chi connectivity index (χ4n) is 1.02. The predicted molar refractivity (Wildman–Crippen MR) is 30.8 cm³/mol. The van der Waals surface area contributed by atoms with Crippen molar-refractivity contribution in [2.24, 2.45) is 5.92 Å². The fraction of sp³-hybridized carbons (Fsp3) is 0.714. The summed E-state index contributed by atoms with van der Waals surface area (Å²) in [5, 5.41) is 0. The van der Waals surface area contributed by atoms with E-state index in [1.54, 1.807) is 0 Å². The van der Waals surface area contributed by atoms with Crippen LogP contribution in [-0.2, 0) is 0 Å². The minimum atomic E-state index is 0.875. The molecule has 1 aliphatic carbocycles. The minimum Gasteiger partial charge on any atom is -0.0696 e. The summed E-state index contributed by atoms with van der Waals surface area (Å²) in [6, 6.07) is 0. The molecule has 7 heavy (non-hydrogen) atoms. The number of hydrogen-bond acceptors (Lipinski definition) is 0. The van der Waals surface area contributed by atoms with Crippen LogP contribution in [0.3, 0.4) is 0 Å². The number of rotatable bonds is 0. The van der Waals surface area contributed by atoms with Crippen molar-refractivity contribution in [2.75, 3.05) is 0 Å². The van der Waals surface area contributed by atoms with Crippen molar-refractivity contribution >= 4 is 0 Å². The molecule has 0 saturated heterocycles. The average molecular weight is 95.2 g/mol. The zero-order valence-electron chi connectivity index (χ0n) is 4.99. The molecule has 1 atom stereocenters. The van der Waals surface area contributed by atoms with Gasteiger partial charge in [-0.3, -0.25) is 0 Å². The van der Waals surface area contributed by atoms with E-state index in [4.69, 9.17) is 0 Å². The van der Waals surface area contributed by atoms with Crippen LogP contribution in [-0.4, -0.2) is 0 Å². The van der Waals surface area contributed by atoms with Gasteiger partial charge in [-0.15, -0.1) is 0 Å². The maximum atomic E-state index is 3.29. The second-order valence-electron chi connectivity index (χ2n) is 2.47. The number of hydrogen-bond donors (Lipinski definition) is 0. The Morgan fingerprint density at radius 1 is 1.71 bits per heavy atom.